The minimum Gasteiger partial charge on any atom is -0.366 e. The summed E-state index contributed by atoms with van der Waals surface area (Å²) in [5, 5.41) is 3.24. The number of benzene rings is 1. The second kappa shape index (κ2) is 8.44. The summed E-state index contributed by atoms with van der Waals surface area (Å²) in [5.74, 6) is 5.85. The van der Waals surface area contributed by atoms with Gasteiger partial charge in [-0.2, -0.15) is 0 Å². The average Bonchev–Trinajstić information content (AvgIpc) is 2.72. The molecule has 0 aliphatic carbocycles. The Bertz CT molecular complexity index is 905. The molecule has 30 heavy (non-hydrogen) atoms. The van der Waals surface area contributed by atoms with Crippen molar-refractivity contribution in [3.05, 3.63) is 34.6 Å². The van der Waals surface area contributed by atoms with E-state index < -0.39 is 0 Å². The summed E-state index contributed by atoms with van der Waals surface area (Å²) in [4.78, 5) is 28.2. The maximum absolute atomic E-state index is 13.2. The summed E-state index contributed by atoms with van der Waals surface area (Å²) < 4.78 is 18.8. The third kappa shape index (κ3) is 4.55. The Kier molecular flexibility index (Phi) is 5.90. The summed E-state index contributed by atoms with van der Waals surface area (Å²) in [7, 11) is 0. The lowest BCUT2D eigenvalue weighted by molar-refractivity contribution is -0.139. The molecular weight excluding hydrogens is 409 g/mol. The second-order valence-electron chi connectivity index (χ2n) is 8.46. The smallest absolute Gasteiger partial charge is 0.320 e. The normalized spacial score (nSPS) is 25.6. The van der Waals surface area contributed by atoms with Crippen molar-refractivity contribution in [3.8, 4) is 11.8 Å². The van der Waals surface area contributed by atoms with Gasteiger partial charge >= 0.3 is 6.03 Å². The van der Waals surface area contributed by atoms with Crippen LogP contribution in [0.2, 0.25) is 5.02 Å². The maximum atomic E-state index is 13.2. The van der Waals surface area contributed by atoms with Gasteiger partial charge in [0.05, 0.1) is 17.2 Å². The van der Waals surface area contributed by atoms with Gasteiger partial charge in [-0.25, -0.2) is 9.18 Å². The second-order valence-corrected chi connectivity index (χ2v) is 8.87. The molecule has 3 aliphatic rings. The van der Waals surface area contributed by atoms with Crippen molar-refractivity contribution in [2.45, 2.75) is 38.3 Å². The van der Waals surface area contributed by atoms with Crippen LogP contribution in [0.4, 0.5) is 9.18 Å². The summed E-state index contributed by atoms with van der Waals surface area (Å²) in [5.41, 5.74) is 0.379. The molecule has 0 bridgehead atoms. The molecule has 0 aromatic heterocycles. The number of fused-ring (bicyclic) bond motifs is 1. The summed E-state index contributed by atoms with van der Waals surface area (Å²) in [6.45, 7) is 4.53. The van der Waals surface area contributed by atoms with Gasteiger partial charge in [-0.1, -0.05) is 23.4 Å². The Morgan fingerprint density at radius 1 is 1.30 bits per heavy atom. The van der Waals surface area contributed by atoms with Crippen molar-refractivity contribution in [2.24, 2.45) is 5.41 Å². The number of carbonyl (C=O) groups is 2. The van der Waals surface area contributed by atoms with Crippen molar-refractivity contribution in [1.82, 2.24) is 15.1 Å². The molecule has 8 heteroatoms. The molecule has 0 spiro atoms. The third-order valence-electron chi connectivity index (χ3n) is 6.16. The predicted octanol–water partition coefficient (Wildman–Crippen LogP) is 2.64. The molecule has 3 amide bonds. The van der Waals surface area contributed by atoms with Gasteiger partial charge in [0, 0.05) is 37.2 Å². The lowest BCUT2D eigenvalue weighted by Crippen LogP contribution is -2.62. The van der Waals surface area contributed by atoms with Crippen molar-refractivity contribution in [2.75, 3.05) is 32.8 Å². The standard InChI is InChI=1S/C22H25ClFN3O3/c1-22(6-4-15-2-3-16(24)12-17(15)23)7-10-26(11-8-22)21(29)27-9-5-19-18(13-27)25-20(28)14-30-19/h2-3,12,18-19H,5,7-11,13-14H2,1H3,(H,25,28)/t18-,19+/m1/s1. The number of halogens is 2. The third-order valence-corrected chi connectivity index (χ3v) is 6.48. The van der Waals surface area contributed by atoms with Crippen molar-refractivity contribution < 1.29 is 18.7 Å². The van der Waals surface area contributed by atoms with E-state index in [0.29, 0.717) is 36.8 Å². The maximum Gasteiger partial charge on any atom is 0.320 e. The van der Waals surface area contributed by atoms with E-state index in [1.165, 1.54) is 12.1 Å². The topological polar surface area (TPSA) is 61.9 Å². The Hall–Kier alpha value is -2.30. The fourth-order valence-corrected chi connectivity index (χ4v) is 4.41. The molecular formula is C22H25ClFN3O3. The van der Waals surface area contributed by atoms with E-state index in [-0.39, 0.29) is 41.9 Å². The minimum absolute atomic E-state index is 0.00450. The van der Waals surface area contributed by atoms with Gasteiger partial charge in [0.25, 0.3) is 0 Å². The first kappa shape index (κ1) is 21.0. The lowest BCUT2D eigenvalue weighted by atomic mass is 9.81. The molecule has 3 saturated heterocycles. The van der Waals surface area contributed by atoms with Crippen LogP contribution in [0.5, 0.6) is 0 Å². The van der Waals surface area contributed by atoms with Crippen LogP contribution in [-0.2, 0) is 9.53 Å². The Labute approximate surface area is 180 Å². The van der Waals surface area contributed by atoms with Crippen LogP contribution >= 0.6 is 11.6 Å². The largest absolute Gasteiger partial charge is 0.366 e. The molecule has 0 unspecified atom stereocenters. The molecule has 160 valence electrons. The fourth-order valence-electron chi connectivity index (χ4n) is 4.20. The van der Waals surface area contributed by atoms with Gasteiger partial charge in [-0.15, -0.1) is 0 Å². The number of hydrogen-bond acceptors (Lipinski definition) is 3. The number of morpholine rings is 1. The first-order chi connectivity index (χ1) is 14.3. The molecule has 6 nitrogen and oxygen atoms in total. The number of carbonyl (C=O) groups excluding carboxylic acids is 2. The number of likely N-dealkylation sites (tertiary alicyclic amines) is 2. The molecule has 0 radical (unpaired) electrons. The Balaban J connectivity index is 1.34. The van der Waals surface area contributed by atoms with E-state index in [2.05, 4.69) is 24.1 Å². The highest BCUT2D eigenvalue weighted by atomic mass is 35.5. The van der Waals surface area contributed by atoms with Crippen LogP contribution in [0.15, 0.2) is 18.2 Å². The average molecular weight is 434 g/mol. The van der Waals surface area contributed by atoms with E-state index in [1.807, 2.05) is 9.80 Å². The van der Waals surface area contributed by atoms with Gasteiger partial charge in [-0.05, 0) is 44.4 Å². The molecule has 4 rings (SSSR count). The zero-order valence-electron chi connectivity index (χ0n) is 16.9. The molecule has 2 atom stereocenters. The number of ether oxygens (including phenoxy) is 1. The van der Waals surface area contributed by atoms with Crippen LogP contribution in [-0.4, -0.2) is 66.7 Å². The number of amides is 3. The summed E-state index contributed by atoms with van der Waals surface area (Å²) in [6.07, 6.45) is 2.23. The van der Waals surface area contributed by atoms with Crippen LogP contribution in [0.1, 0.15) is 31.7 Å². The number of nitrogens with zero attached hydrogens (tertiary/aromatic N) is 2. The van der Waals surface area contributed by atoms with Gasteiger partial charge < -0.3 is 19.9 Å². The monoisotopic (exact) mass is 433 g/mol. The van der Waals surface area contributed by atoms with Crippen LogP contribution in [0.3, 0.4) is 0 Å². The molecule has 1 aromatic rings. The quantitative estimate of drug-likeness (QED) is 0.640. The van der Waals surface area contributed by atoms with Crippen molar-refractivity contribution in [3.63, 3.8) is 0 Å². The Morgan fingerprint density at radius 3 is 2.80 bits per heavy atom. The molecule has 3 heterocycles. The van der Waals surface area contributed by atoms with Crippen LogP contribution in [0.25, 0.3) is 0 Å². The molecule has 0 saturated carbocycles. The van der Waals surface area contributed by atoms with E-state index in [1.54, 1.807) is 6.07 Å². The molecule has 3 fully saturated rings. The number of piperidine rings is 2. The van der Waals surface area contributed by atoms with E-state index in [9.17, 15) is 14.0 Å². The van der Waals surface area contributed by atoms with Crippen molar-refractivity contribution >= 4 is 23.5 Å². The zero-order valence-corrected chi connectivity index (χ0v) is 17.7. The zero-order chi connectivity index (χ0) is 21.3. The molecule has 1 aromatic carbocycles. The first-order valence-electron chi connectivity index (χ1n) is 10.3. The minimum atomic E-state index is -0.382. The molecule has 1 N–H and O–H groups in total. The summed E-state index contributed by atoms with van der Waals surface area (Å²) >= 11 is 6.06. The Morgan fingerprint density at radius 2 is 2.07 bits per heavy atom. The number of urea groups is 1. The first-order valence-corrected chi connectivity index (χ1v) is 10.6. The lowest BCUT2D eigenvalue weighted by Gasteiger charge is -2.44. The molecule has 3 aliphatic heterocycles. The predicted molar refractivity (Wildman–Crippen MR) is 110 cm³/mol. The van der Waals surface area contributed by atoms with Gasteiger partial charge in [0.1, 0.15) is 12.4 Å². The highest BCUT2D eigenvalue weighted by Gasteiger charge is 2.39. The van der Waals surface area contributed by atoms with E-state index in [0.717, 1.165) is 19.3 Å². The number of hydrogen-bond donors (Lipinski definition) is 1. The SMILES string of the molecule is CC1(C#Cc2ccc(F)cc2Cl)CCN(C(=O)N2CC[C@@H]3OCC(=O)N[C@@H]3C2)CC1. The highest BCUT2D eigenvalue weighted by molar-refractivity contribution is 6.31. The number of nitrogens with one attached hydrogen (secondary N) is 1. The van der Waals surface area contributed by atoms with Gasteiger partial charge in [0.2, 0.25) is 5.91 Å². The van der Waals surface area contributed by atoms with Gasteiger partial charge in [0.15, 0.2) is 0 Å². The van der Waals surface area contributed by atoms with Crippen LogP contribution < -0.4 is 5.32 Å². The van der Waals surface area contributed by atoms with E-state index in [4.69, 9.17) is 16.3 Å². The van der Waals surface area contributed by atoms with Crippen molar-refractivity contribution in [1.29, 1.82) is 0 Å². The van der Waals surface area contributed by atoms with Gasteiger partial charge in [-0.3, -0.25) is 4.79 Å². The fraction of sp³-hybridized carbons (Fsp3) is 0.545. The summed E-state index contributed by atoms with van der Waals surface area (Å²) in [6, 6.07) is 4.07. The number of rotatable bonds is 0. The highest BCUT2D eigenvalue weighted by Crippen LogP contribution is 2.31. The van der Waals surface area contributed by atoms with E-state index >= 15 is 0 Å². The van der Waals surface area contributed by atoms with Crippen LogP contribution in [0, 0.1) is 23.1 Å².